The van der Waals surface area contributed by atoms with Crippen molar-refractivity contribution in [2.24, 2.45) is 0 Å². The molecular formula is C22H24N2O3S. The van der Waals surface area contributed by atoms with Crippen molar-refractivity contribution in [1.29, 1.82) is 0 Å². The first kappa shape index (κ1) is 20.0. The summed E-state index contributed by atoms with van der Waals surface area (Å²) in [7, 11) is 1.41. The Bertz CT molecular complexity index is 881. The fourth-order valence-electron chi connectivity index (χ4n) is 2.86. The number of rotatable bonds is 9. The van der Waals surface area contributed by atoms with E-state index in [0.29, 0.717) is 11.5 Å². The number of pyridine rings is 1. The van der Waals surface area contributed by atoms with Gasteiger partial charge in [-0.05, 0) is 36.9 Å². The van der Waals surface area contributed by atoms with E-state index in [4.69, 9.17) is 9.47 Å². The first-order chi connectivity index (χ1) is 13.7. The van der Waals surface area contributed by atoms with Gasteiger partial charge in [-0.15, -0.1) is 11.3 Å². The van der Waals surface area contributed by atoms with Crippen LogP contribution in [0.3, 0.4) is 0 Å². The minimum atomic E-state index is -0.327. The van der Waals surface area contributed by atoms with Gasteiger partial charge >= 0.3 is 5.97 Å². The fourth-order valence-corrected chi connectivity index (χ4v) is 3.98. The van der Waals surface area contributed by atoms with Crippen LogP contribution in [0.15, 0.2) is 60.8 Å². The molecule has 0 spiro atoms. The van der Waals surface area contributed by atoms with Crippen LogP contribution in [0.4, 0.5) is 0 Å². The summed E-state index contributed by atoms with van der Waals surface area (Å²) in [6, 6.07) is 17.5. The van der Waals surface area contributed by atoms with Crippen LogP contribution in [-0.4, -0.2) is 42.7 Å². The third kappa shape index (κ3) is 5.18. The summed E-state index contributed by atoms with van der Waals surface area (Å²) >= 11 is 1.46. The van der Waals surface area contributed by atoms with E-state index in [0.717, 1.165) is 41.5 Å². The first-order valence-corrected chi connectivity index (χ1v) is 10.1. The number of benzene rings is 1. The number of nitrogens with zero attached hydrogens (tertiary/aromatic N) is 2. The largest absolute Gasteiger partial charge is 0.492 e. The Hall–Kier alpha value is -2.70. The molecule has 0 unspecified atom stereocenters. The van der Waals surface area contributed by atoms with E-state index >= 15 is 0 Å². The van der Waals surface area contributed by atoms with E-state index in [1.54, 1.807) is 6.20 Å². The molecule has 0 atom stereocenters. The number of carbonyl (C=O) groups excluding carboxylic acids is 1. The van der Waals surface area contributed by atoms with Gasteiger partial charge in [0.25, 0.3) is 0 Å². The molecule has 0 saturated carbocycles. The molecular weight excluding hydrogens is 372 g/mol. The lowest BCUT2D eigenvalue weighted by Gasteiger charge is -2.19. The van der Waals surface area contributed by atoms with Crippen LogP contribution < -0.4 is 4.74 Å². The third-order valence-electron chi connectivity index (χ3n) is 4.34. The number of para-hydroxylation sites is 1. The molecule has 0 saturated heterocycles. The standard InChI is InChI=1S/C22H24N2O3S/c1-3-24(13-14-27-17-9-5-4-6-10-17)16-18-15-19(20-11-7-8-12-23-20)21(28-18)22(25)26-2/h4-12,15H,3,13-14,16H2,1-2H3. The highest BCUT2D eigenvalue weighted by Gasteiger charge is 2.20. The van der Waals surface area contributed by atoms with Gasteiger partial charge in [-0.2, -0.15) is 0 Å². The number of aromatic nitrogens is 1. The number of carbonyl (C=O) groups is 1. The van der Waals surface area contributed by atoms with Gasteiger partial charge in [0.15, 0.2) is 0 Å². The summed E-state index contributed by atoms with van der Waals surface area (Å²) < 4.78 is 10.8. The molecule has 3 rings (SSSR count). The summed E-state index contributed by atoms with van der Waals surface area (Å²) in [5.41, 5.74) is 1.60. The molecule has 0 aliphatic carbocycles. The van der Waals surface area contributed by atoms with E-state index in [1.807, 2.05) is 54.6 Å². The highest BCUT2D eigenvalue weighted by atomic mass is 32.1. The highest BCUT2D eigenvalue weighted by Crippen LogP contribution is 2.31. The van der Waals surface area contributed by atoms with Gasteiger partial charge in [0, 0.05) is 29.7 Å². The number of hydrogen-bond acceptors (Lipinski definition) is 6. The average Bonchev–Trinajstić information content (AvgIpc) is 3.17. The number of hydrogen-bond donors (Lipinski definition) is 0. The summed E-state index contributed by atoms with van der Waals surface area (Å²) in [6.45, 7) is 5.17. The summed E-state index contributed by atoms with van der Waals surface area (Å²) in [6.07, 6.45) is 1.73. The van der Waals surface area contributed by atoms with Gasteiger partial charge in [0.2, 0.25) is 0 Å². The van der Waals surface area contributed by atoms with Crippen LogP contribution >= 0.6 is 11.3 Å². The lowest BCUT2D eigenvalue weighted by molar-refractivity contribution is 0.0607. The quantitative estimate of drug-likeness (QED) is 0.499. The second-order valence-electron chi connectivity index (χ2n) is 6.19. The van der Waals surface area contributed by atoms with Gasteiger partial charge < -0.3 is 9.47 Å². The van der Waals surface area contributed by atoms with Crippen molar-refractivity contribution in [2.75, 3.05) is 26.8 Å². The van der Waals surface area contributed by atoms with Crippen molar-refractivity contribution in [3.63, 3.8) is 0 Å². The smallest absolute Gasteiger partial charge is 0.348 e. The minimum Gasteiger partial charge on any atom is -0.492 e. The van der Waals surface area contributed by atoms with Gasteiger partial charge in [-0.3, -0.25) is 9.88 Å². The van der Waals surface area contributed by atoms with Crippen LogP contribution in [0.1, 0.15) is 21.5 Å². The Morgan fingerprint density at radius 1 is 1.14 bits per heavy atom. The van der Waals surface area contributed by atoms with Gasteiger partial charge in [-0.25, -0.2) is 4.79 Å². The van der Waals surface area contributed by atoms with Crippen LogP contribution in [0.25, 0.3) is 11.3 Å². The Morgan fingerprint density at radius 2 is 1.93 bits per heavy atom. The Balaban J connectivity index is 1.69. The molecule has 0 aliphatic rings. The Kier molecular flexibility index (Phi) is 7.17. The molecule has 2 aromatic heterocycles. The maximum absolute atomic E-state index is 12.2. The van der Waals surface area contributed by atoms with Crippen LogP contribution in [0, 0.1) is 0 Å². The Labute approximate surface area is 169 Å². The molecule has 6 heteroatoms. The van der Waals surface area contributed by atoms with Crippen LogP contribution in [0.5, 0.6) is 5.75 Å². The lowest BCUT2D eigenvalue weighted by Crippen LogP contribution is -2.27. The molecule has 1 aromatic carbocycles. The summed E-state index contributed by atoms with van der Waals surface area (Å²) in [5, 5.41) is 0. The maximum Gasteiger partial charge on any atom is 0.348 e. The molecule has 0 radical (unpaired) electrons. The topological polar surface area (TPSA) is 51.7 Å². The zero-order valence-electron chi connectivity index (χ0n) is 16.1. The van der Waals surface area contributed by atoms with E-state index in [-0.39, 0.29) is 5.97 Å². The molecule has 5 nitrogen and oxygen atoms in total. The van der Waals surface area contributed by atoms with Gasteiger partial charge in [-0.1, -0.05) is 31.2 Å². The number of ether oxygens (including phenoxy) is 2. The zero-order valence-corrected chi connectivity index (χ0v) is 16.9. The SMILES string of the molecule is CCN(CCOc1ccccc1)Cc1cc(-c2ccccn2)c(C(=O)OC)s1. The second kappa shape index (κ2) is 10.0. The van der Waals surface area contributed by atoms with Gasteiger partial charge in [0.1, 0.15) is 17.2 Å². The van der Waals surface area contributed by atoms with Crippen molar-refractivity contribution in [3.05, 3.63) is 70.5 Å². The number of likely N-dealkylation sites (N-methyl/N-ethyl adjacent to an activating group) is 1. The molecule has 3 aromatic rings. The summed E-state index contributed by atoms with van der Waals surface area (Å²) in [4.78, 5) is 20.6. The molecule has 0 bridgehead atoms. The first-order valence-electron chi connectivity index (χ1n) is 9.24. The van der Waals surface area contributed by atoms with E-state index in [2.05, 4.69) is 16.8 Å². The second-order valence-corrected chi connectivity index (χ2v) is 7.33. The lowest BCUT2D eigenvalue weighted by atomic mass is 10.1. The van der Waals surface area contributed by atoms with E-state index in [1.165, 1.54) is 18.4 Å². The number of thiophene rings is 1. The number of methoxy groups -OCH3 is 1. The van der Waals surface area contributed by atoms with Crippen molar-refractivity contribution >= 4 is 17.3 Å². The maximum atomic E-state index is 12.2. The normalized spacial score (nSPS) is 10.8. The van der Waals surface area contributed by atoms with Crippen molar-refractivity contribution in [1.82, 2.24) is 9.88 Å². The van der Waals surface area contributed by atoms with Crippen molar-refractivity contribution in [3.8, 4) is 17.0 Å². The molecule has 146 valence electrons. The van der Waals surface area contributed by atoms with Gasteiger partial charge in [0.05, 0.1) is 12.8 Å². The average molecular weight is 397 g/mol. The van der Waals surface area contributed by atoms with Crippen LogP contribution in [-0.2, 0) is 11.3 Å². The highest BCUT2D eigenvalue weighted by molar-refractivity contribution is 7.14. The molecule has 0 N–H and O–H groups in total. The third-order valence-corrected chi connectivity index (χ3v) is 5.44. The predicted octanol–water partition coefficient (Wildman–Crippen LogP) is 4.50. The number of esters is 1. The van der Waals surface area contributed by atoms with E-state index < -0.39 is 0 Å². The minimum absolute atomic E-state index is 0.327. The van der Waals surface area contributed by atoms with Crippen molar-refractivity contribution in [2.45, 2.75) is 13.5 Å². The fraction of sp³-hybridized carbons (Fsp3) is 0.273. The molecule has 2 heterocycles. The molecule has 0 amide bonds. The van der Waals surface area contributed by atoms with Crippen molar-refractivity contribution < 1.29 is 14.3 Å². The molecule has 0 aliphatic heterocycles. The summed E-state index contributed by atoms with van der Waals surface area (Å²) in [5.74, 6) is 0.549. The monoisotopic (exact) mass is 396 g/mol. The van der Waals surface area contributed by atoms with E-state index in [9.17, 15) is 4.79 Å². The molecule has 28 heavy (non-hydrogen) atoms. The molecule has 0 fully saturated rings. The van der Waals surface area contributed by atoms with Crippen LogP contribution in [0.2, 0.25) is 0 Å². The predicted molar refractivity (Wildman–Crippen MR) is 112 cm³/mol. The Morgan fingerprint density at radius 3 is 2.61 bits per heavy atom. The zero-order chi connectivity index (χ0) is 19.8.